The van der Waals surface area contributed by atoms with E-state index in [1.54, 1.807) is 0 Å². The van der Waals surface area contributed by atoms with Gasteiger partial charge >= 0.3 is 7.23 Å². The van der Waals surface area contributed by atoms with Crippen LogP contribution in [-0.4, -0.2) is 97.7 Å². The van der Waals surface area contributed by atoms with Crippen molar-refractivity contribution in [1.82, 2.24) is 39.0 Å². The highest BCUT2D eigenvalue weighted by Gasteiger charge is 2.55. The summed E-state index contributed by atoms with van der Waals surface area (Å²) in [5, 5.41) is 7.77. The highest BCUT2D eigenvalue weighted by atomic mass is 32.7. The molecule has 4 aromatic rings. The smallest absolute Gasteiger partial charge is 0.395 e. The predicted molar refractivity (Wildman–Crippen MR) is 161 cm³/mol. The second kappa shape index (κ2) is 12.1. The number of halogens is 2. The van der Waals surface area contributed by atoms with Crippen molar-refractivity contribution in [2.45, 2.75) is 47.1 Å². The van der Waals surface area contributed by atoms with Crippen LogP contribution in [0.1, 0.15) is 11.6 Å². The molecule has 2 aliphatic rings. The molecular weight excluding hydrogens is 688 g/mol. The fourth-order valence-corrected chi connectivity index (χ4v) is 10.8. The van der Waals surface area contributed by atoms with Crippen molar-refractivity contribution < 1.29 is 37.1 Å². The number of nitrogens with two attached hydrogens (primary N) is 2. The van der Waals surface area contributed by atoms with E-state index >= 15 is 8.78 Å². The number of hydrogen-bond acceptors (Lipinski definition) is 15. The maximum atomic E-state index is 15.8. The molecule has 6 rings (SSSR count). The standard InChI is InChI=1S/C20H22F2N10O7P2S3/c21-8-7(1-33)44-19(32-5-28-11-16(32)29-20(24)30-17(11)34)13(8)41(36,43)37-2-6-12(39-40(35)42)9(22)18(38-6)31-4-27-10-14(23)25-3-26-15(10)31/h3-9,12-13,18-19,33H,1-2H2,(H6-,23,24,25,26,29,30,34,35,36,42,43)/p+1/t6-,7-,8+,9+,12-,13-,18-,19-,41?/m1/s1. The number of aliphatic hydroxyl groups excluding tert-OH is 1. The van der Waals surface area contributed by atoms with Crippen molar-refractivity contribution in [3.8, 4) is 0 Å². The first-order valence-electron chi connectivity index (χ1n) is 12.6. The summed E-state index contributed by atoms with van der Waals surface area (Å²) in [4.78, 5) is 46.2. The lowest BCUT2D eigenvalue weighted by atomic mass is 10.1. The molecule has 0 radical (unpaired) electrons. The summed E-state index contributed by atoms with van der Waals surface area (Å²) in [5.41, 5.74) is 9.69. The third-order valence-corrected chi connectivity index (χ3v) is 12.5. The summed E-state index contributed by atoms with van der Waals surface area (Å²) in [6.45, 7) is -5.40. The van der Waals surface area contributed by atoms with Crippen LogP contribution in [0.3, 0.4) is 0 Å². The van der Waals surface area contributed by atoms with Crippen LogP contribution in [0.2, 0.25) is 0 Å². The maximum absolute atomic E-state index is 15.8. The monoisotopic (exact) mass is 711 g/mol. The van der Waals surface area contributed by atoms with Gasteiger partial charge in [-0.25, -0.2) is 28.7 Å². The average molecular weight is 712 g/mol. The lowest BCUT2D eigenvalue weighted by Crippen LogP contribution is -2.34. The lowest BCUT2D eigenvalue weighted by Gasteiger charge is -2.30. The van der Waals surface area contributed by atoms with Crippen LogP contribution in [0.25, 0.3) is 22.3 Å². The molecule has 2 aliphatic heterocycles. The highest BCUT2D eigenvalue weighted by Crippen LogP contribution is 2.63. The largest absolute Gasteiger partial charge is 0.582 e. The molecule has 2 unspecified atom stereocenters. The molecule has 0 amide bonds. The third-order valence-electron chi connectivity index (χ3n) is 7.13. The third kappa shape index (κ3) is 5.50. The van der Waals surface area contributed by atoms with E-state index in [4.69, 9.17) is 37.1 Å². The van der Waals surface area contributed by atoms with E-state index in [1.807, 2.05) is 0 Å². The molecule has 2 fully saturated rings. The van der Waals surface area contributed by atoms with E-state index in [0.29, 0.717) is 0 Å². The predicted octanol–water partition coefficient (Wildman–Crippen LogP) is 0.963. The van der Waals surface area contributed by atoms with Gasteiger partial charge in [0.05, 0.1) is 42.2 Å². The zero-order chi connectivity index (χ0) is 31.5. The number of aromatic nitrogens is 8. The molecule has 7 N–H and O–H groups in total. The Balaban J connectivity index is 1.29. The molecule has 0 aromatic carbocycles. The minimum Gasteiger partial charge on any atom is -0.395 e. The van der Waals surface area contributed by atoms with Crippen LogP contribution in [0.4, 0.5) is 20.5 Å². The second-order valence-electron chi connectivity index (χ2n) is 9.72. The Bertz CT molecular complexity index is 1850. The Hall–Kier alpha value is -2.39. The number of ether oxygens (including phenoxy) is 1. The molecule has 10 atom stereocenters. The summed E-state index contributed by atoms with van der Waals surface area (Å²) in [7, 11) is -2.63. The topological polar surface area (TPSA) is 244 Å². The van der Waals surface area contributed by atoms with Crippen LogP contribution in [0, 0.1) is 0 Å². The molecule has 44 heavy (non-hydrogen) atoms. The number of nitrogen functional groups attached to an aromatic ring is 2. The summed E-state index contributed by atoms with van der Waals surface area (Å²) < 4.78 is 62.8. The molecule has 6 heterocycles. The van der Waals surface area contributed by atoms with Gasteiger partial charge in [-0.15, -0.1) is 16.3 Å². The molecule has 0 saturated carbocycles. The summed E-state index contributed by atoms with van der Waals surface area (Å²) in [6, 6.07) is 0. The van der Waals surface area contributed by atoms with Gasteiger partial charge in [0.1, 0.15) is 36.4 Å². The van der Waals surface area contributed by atoms with Crippen LogP contribution < -0.4 is 17.0 Å². The van der Waals surface area contributed by atoms with Crippen LogP contribution in [-0.2, 0) is 30.2 Å². The highest BCUT2D eigenvalue weighted by molar-refractivity contribution is 8.39. The van der Waals surface area contributed by atoms with E-state index in [2.05, 4.69) is 42.2 Å². The Labute approximate surface area is 260 Å². The molecule has 0 spiro atoms. The van der Waals surface area contributed by atoms with E-state index in [1.165, 1.54) is 21.8 Å². The number of H-pyrrole nitrogens is 1. The van der Waals surface area contributed by atoms with Crippen LogP contribution in [0.15, 0.2) is 23.8 Å². The number of aromatic amines is 1. The summed E-state index contributed by atoms with van der Waals surface area (Å²) in [5.74, 6) is -0.172. The number of aliphatic hydroxyl groups is 1. The van der Waals surface area contributed by atoms with Gasteiger partial charge < -0.3 is 35.3 Å². The fraction of sp³-hybridized carbons (Fsp3) is 0.500. The Morgan fingerprint density at radius 2 is 1.91 bits per heavy atom. The van der Waals surface area contributed by atoms with Crippen molar-refractivity contribution in [3.63, 3.8) is 0 Å². The molecule has 2 saturated heterocycles. The maximum Gasteiger partial charge on any atom is 0.582 e. The number of fused-ring (bicyclic) bond motifs is 2. The number of alkyl halides is 2. The van der Waals surface area contributed by atoms with Crippen molar-refractivity contribution in [3.05, 3.63) is 29.3 Å². The number of nitrogens with one attached hydrogen (secondary N) is 1. The Morgan fingerprint density at radius 3 is 2.64 bits per heavy atom. The van der Waals surface area contributed by atoms with E-state index in [0.717, 1.165) is 18.1 Å². The van der Waals surface area contributed by atoms with Crippen LogP contribution >= 0.6 is 37.7 Å². The van der Waals surface area contributed by atoms with Crippen molar-refractivity contribution >= 4 is 83.6 Å². The van der Waals surface area contributed by atoms with Gasteiger partial charge in [0, 0.05) is 0 Å². The average Bonchev–Trinajstić information content (AvgIpc) is 3.72. The van der Waals surface area contributed by atoms with Gasteiger partial charge in [0.25, 0.3) is 5.56 Å². The van der Waals surface area contributed by atoms with Crippen molar-refractivity contribution in [2.75, 3.05) is 24.7 Å². The first kappa shape index (κ1) is 31.6. The normalized spacial score (nSPS) is 30.7. The van der Waals surface area contributed by atoms with Crippen molar-refractivity contribution in [1.29, 1.82) is 0 Å². The minimum absolute atomic E-state index is 0.000159. The van der Waals surface area contributed by atoms with Gasteiger partial charge in [-0.05, 0) is 16.4 Å². The first-order valence-corrected chi connectivity index (χ1v) is 18.6. The molecule has 24 heteroatoms. The van der Waals surface area contributed by atoms with E-state index in [9.17, 15) is 19.4 Å². The Kier molecular flexibility index (Phi) is 8.68. The van der Waals surface area contributed by atoms with Gasteiger partial charge in [0.15, 0.2) is 47.6 Å². The molecule has 236 valence electrons. The van der Waals surface area contributed by atoms with E-state index in [-0.39, 0.29) is 34.1 Å². The quantitative estimate of drug-likeness (QED) is 0.105. The number of anilines is 2. The molecule has 0 bridgehead atoms. The van der Waals surface area contributed by atoms with Gasteiger partial charge in [-0.3, -0.25) is 14.3 Å². The van der Waals surface area contributed by atoms with Gasteiger partial charge in [-0.1, -0.05) is 0 Å². The SMILES string of the molecule is Nc1nc2c(ncn2[C@@H]2S[C@H](CO)[C@H](F)[C@H]2P(O)(=S)OC[C@H]2O[C@@H](n3cnc4c(N)ncnc43)[C@@H](F)[C@@H]2O[P+](=O)S)c(=O)[nH]1. The zero-order valence-electron chi connectivity index (χ0n) is 21.9. The molecule has 0 aliphatic carbocycles. The molecule has 4 aromatic heterocycles. The fourth-order valence-electron chi connectivity index (χ4n) is 5.16. The number of thiol groups is 1. The summed E-state index contributed by atoms with van der Waals surface area (Å²) in [6.07, 6.45) is -4.49. The number of thioether (sulfide) groups is 1. The van der Waals surface area contributed by atoms with Gasteiger partial charge in [-0.2, -0.15) is 4.98 Å². The van der Waals surface area contributed by atoms with Crippen LogP contribution in [0.5, 0.6) is 0 Å². The molecule has 17 nitrogen and oxygen atoms in total. The lowest BCUT2D eigenvalue weighted by molar-refractivity contribution is -0.0385. The summed E-state index contributed by atoms with van der Waals surface area (Å²) >= 11 is 10.1. The number of imidazole rings is 2. The number of nitrogens with zero attached hydrogens (tertiary/aromatic N) is 7. The Morgan fingerprint density at radius 1 is 1.18 bits per heavy atom. The molecular formula is C20H23F2N10O7P2S3+. The number of hydrogen-bond donors (Lipinski definition) is 6. The zero-order valence-corrected chi connectivity index (χ0v) is 26.2. The van der Waals surface area contributed by atoms with Crippen molar-refractivity contribution in [2.24, 2.45) is 0 Å². The second-order valence-corrected chi connectivity index (χ2v) is 16.3. The first-order chi connectivity index (χ1) is 20.9. The van der Waals surface area contributed by atoms with E-state index < -0.39 is 79.6 Å². The van der Waals surface area contributed by atoms with Gasteiger partial charge in [0.2, 0.25) is 5.95 Å². The minimum atomic E-state index is -4.18. The number of rotatable bonds is 9.